The molecular formula is C19H26F3N3O2S. The molecule has 1 atom stereocenters. The van der Waals surface area contributed by atoms with E-state index < -0.39 is 27.0 Å². The number of nitrogens with one attached hydrogen (secondary N) is 2. The van der Waals surface area contributed by atoms with E-state index in [9.17, 15) is 21.6 Å². The Balaban J connectivity index is 1.76. The van der Waals surface area contributed by atoms with E-state index in [-0.39, 0.29) is 17.5 Å². The van der Waals surface area contributed by atoms with E-state index in [1.54, 1.807) is 6.07 Å². The quantitative estimate of drug-likeness (QED) is 0.571. The second-order valence-corrected chi connectivity index (χ2v) is 9.88. The summed E-state index contributed by atoms with van der Waals surface area (Å²) in [5, 5.41) is 6.27. The molecule has 2 fully saturated rings. The van der Waals surface area contributed by atoms with E-state index >= 15 is 0 Å². The third-order valence-electron chi connectivity index (χ3n) is 5.57. The summed E-state index contributed by atoms with van der Waals surface area (Å²) in [6.45, 7) is 2.89. The summed E-state index contributed by atoms with van der Waals surface area (Å²) in [6, 6.07) is 5.33. The van der Waals surface area contributed by atoms with Gasteiger partial charge in [-0.05, 0) is 37.8 Å². The largest absolute Gasteiger partial charge is 0.416 e. The first-order valence-electron chi connectivity index (χ1n) is 9.57. The molecule has 2 N–H and O–H groups in total. The van der Waals surface area contributed by atoms with Crippen molar-refractivity contribution in [3.63, 3.8) is 0 Å². The number of nitrogens with zero attached hydrogens (tertiary/aromatic N) is 1. The smallest absolute Gasteiger partial charge is 0.357 e. The van der Waals surface area contributed by atoms with Crippen LogP contribution in [0.2, 0.25) is 0 Å². The van der Waals surface area contributed by atoms with Gasteiger partial charge in [0.15, 0.2) is 15.8 Å². The van der Waals surface area contributed by atoms with Gasteiger partial charge >= 0.3 is 6.18 Å². The predicted octanol–water partition coefficient (Wildman–Crippen LogP) is 2.87. The van der Waals surface area contributed by atoms with Gasteiger partial charge in [0.2, 0.25) is 0 Å². The summed E-state index contributed by atoms with van der Waals surface area (Å²) in [4.78, 5) is 4.61. The van der Waals surface area contributed by atoms with Crippen molar-refractivity contribution in [3.8, 4) is 0 Å². The molecule has 1 heterocycles. The van der Waals surface area contributed by atoms with Crippen LogP contribution in [0.1, 0.15) is 43.7 Å². The summed E-state index contributed by atoms with van der Waals surface area (Å²) in [7, 11) is -3.01. The number of hydrogen-bond acceptors (Lipinski definition) is 3. The number of sulfone groups is 1. The van der Waals surface area contributed by atoms with Gasteiger partial charge in [0.1, 0.15) is 0 Å². The van der Waals surface area contributed by atoms with Crippen LogP contribution in [0.15, 0.2) is 29.3 Å². The lowest BCUT2D eigenvalue weighted by Crippen LogP contribution is -2.45. The SMILES string of the molecule is CCNC(=NCC1(c2cccc(C(F)(F)F)c2)CCC1)NC1CCS(=O)(=O)C1. The highest BCUT2D eigenvalue weighted by Crippen LogP contribution is 2.45. The first kappa shape index (κ1) is 21.0. The molecule has 2 aliphatic rings. The number of hydrogen-bond donors (Lipinski definition) is 2. The Morgan fingerprint density at radius 2 is 2.07 bits per heavy atom. The minimum atomic E-state index is -4.37. The van der Waals surface area contributed by atoms with Crippen molar-refractivity contribution in [2.24, 2.45) is 4.99 Å². The molecule has 9 heteroatoms. The minimum absolute atomic E-state index is 0.0795. The third-order valence-corrected chi connectivity index (χ3v) is 7.34. The Kier molecular flexibility index (Phi) is 5.93. The van der Waals surface area contributed by atoms with Crippen molar-refractivity contribution in [1.82, 2.24) is 10.6 Å². The number of halogens is 3. The van der Waals surface area contributed by atoms with Gasteiger partial charge in [0.05, 0.1) is 23.6 Å². The van der Waals surface area contributed by atoms with Crippen molar-refractivity contribution < 1.29 is 21.6 Å². The molecule has 0 bridgehead atoms. The van der Waals surface area contributed by atoms with Gasteiger partial charge < -0.3 is 10.6 Å². The minimum Gasteiger partial charge on any atom is -0.357 e. The van der Waals surface area contributed by atoms with Crippen LogP contribution in [0.25, 0.3) is 0 Å². The van der Waals surface area contributed by atoms with Crippen molar-refractivity contribution in [2.75, 3.05) is 24.6 Å². The molecule has 1 aliphatic carbocycles. The lowest BCUT2D eigenvalue weighted by Gasteiger charge is -2.41. The van der Waals surface area contributed by atoms with Gasteiger partial charge in [-0.15, -0.1) is 0 Å². The zero-order valence-corrected chi connectivity index (χ0v) is 16.7. The molecule has 1 aliphatic heterocycles. The summed E-state index contributed by atoms with van der Waals surface area (Å²) in [6.07, 6.45) is -1.30. The van der Waals surface area contributed by atoms with Crippen LogP contribution in [-0.2, 0) is 21.4 Å². The van der Waals surface area contributed by atoms with Crippen molar-refractivity contribution in [1.29, 1.82) is 0 Å². The molecule has 1 aromatic rings. The average Bonchev–Trinajstić information content (AvgIpc) is 2.92. The Hall–Kier alpha value is -1.77. The van der Waals surface area contributed by atoms with Gasteiger partial charge in [-0.1, -0.05) is 24.6 Å². The second-order valence-electron chi connectivity index (χ2n) is 7.65. The fraction of sp³-hybridized carbons (Fsp3) is 0.632. The highest BCUT2D eigenvalue weighted by atomic mass is 32.2. The zero-order valence-electron chi connectivity index (χ0n) is 15.8. The Morgan fingerprint density at radius 3 is 2.61 bits per heavy atom. The topological polar surface area (TPSA) is 70.6 Å². The molecular weight excluding hydrogens is 391 g/mol. The highest BCUT2D eigenvalue weighted by Gasteiger charge is 2.40. The van der Waals surface area contributed by atoms with Crippen LogP contribution in [0.5, 0.6) is 0 Å². The maximum atomic E-state index is 13.1. The van der Waals surface area contributed by atoms with Crippen LogP contribution in [-0.4, -0.2) is 45.0 Å². The van der Waals surface area contributed by atoms with Crippen LogP contribution in [0.3, 0.4) is 0 Å². The van der Waals surface area contributed by atoms with Crippen molar-refractivity contribution in [2.45, 2.75) is 50.2 Å². The zero-order chi connectivity index (χ0) is 20.4. The lowest BCUT2D eigenvalue weighted by atomic mass is 9.64. The molecule has 1 saturated heterocycles. The lowest BCUT2D eigenvalue weighted by molar-refractivity contribution is -0.137. The molecule has 0 spiro atoms. The monoisotopic (exact) mass is 417 g/mol. The first-order valence-corrected chi connectivity index (χ1v) is 11.4. The molecule has 0 radical (unpaired) electrons. The summed E-state index contributed by atoms with van der Waals surface area (Å²) in [5.74, 6) is 0.761. The molecule has 0 amide bonds. The van der Waals surface area contributed by atoms with Gasteiger partial charge in [-0.25, -0.2) is 8.42 Å². The van der Waals surface area contributed by atoms with Gasteiger partial charge in [0.25, 0.3) is 0 Å². The number of guanidine groups is 1. The van der Waals surface area contributed by atoms with Crippen molar-refractivity contribution in [3.05, 3.63) is 35.4 Å². The normalized spacial score (nSPS) is 23.9. The Bertz CT molecular complexity index is 833. The molecule has 1 unspecified atom stereocenters. The maximum absolute atomic E-state index is 13.1. The van der Waals surface area contributed by atoms with E-state index in [2.05, 4.69) is 15.6 Å². The molecule has 5 nitrogen and oxygen atoms in total. The van der Waals surface area contributed by atoms with Gasteiger partial charge in [-0.3, -0.25) is 4.99 Å². The van der Waals surface area contributed by atoms with Crippen LogP contribution < -0.4 is 10.6 Å². The third kappa shape index (κ3) is 4.79. The molecule has 28 heavy (non-hydrogen) atoms. The van der Waals surface area contributed by atoms with Crippen LogP contribution >= 0.6 is 0 Å². The molecule has 1 aromatic carbocycles. The van der Waals surface area contributed by atoms with E-state index in [1.807, 2.05) is 6.92 Å². The fourth-order valence-electron chi connectivity index (χ4n) is 3.82. The summed E-state index contributed by atoms with van der Waals surface area (Å²) >= 11 is 0. The highest BCUT2D eigenvalue weighted by molar-refractivity contribution is 7.91. The van der Waals surface area contributed by atoms with Crippen LogP contribution in [0.4, 0.5) is 13.2 Å². The first-order chi connectivity index (χ1) is 13.1. The Morgan fingerprint density at radius 1 is 1.32 bits per heavy atom. The maximum Gasteiger partial charge on any atom is 0.416 e. The van der Waals surface area contributed by atoms with Gasteiger partial charge in [-0.2, -0.15) is 13.2 Å². The van der Waals surface area contributed by atoms with E-state index in [1.165, 1.54) is 12.1 Å². The fourth-order valence-corrected chi connectivity index (χ4v) is 5.49. The molecule has 3 rings (SSSR count). The molecule has 156 valence electrons. The second kappa shape index (κ2) is 7.93. The molecule has 1 saturated carbocycles. The van der Waals surface area contributed by atoms with E-state index in [0.29, 0.717) is 31.0 Å². The number of aliphatic imine (C=N–C) groups is 1. The molecule has 0 aromatic heterocycles. The van der Waals surface area contributed by atoms with Crippen molar-refractivity contribution >= 4 is 15.8 Å². The number of alkyl halides is 3. The predicted molar refractivity (Wildman–Crippen MR) is 103 cm³/mol. The standard InChI is InChI=1S/C19H26F3N3O2S/c1-2-23-17(25-16-7-10-28(26,27)12-16)24-13-18(8-4-9-18)14-5-3-6-15(11-14)19(20,21)22/h3,5-6,11,16H,2,4,7-10,12-13H2,1H3,(H2,23,24,25). The van der Waals surface area contributed by atoms with E-state index in [0.717, 1.165) is 25.3 Å². The summed E-state index contributed by atoms with van der Waals surface area (Å²) < 4.78 is 62.6. The summed E-state index contributed by atoms with van der Waals surface area (Å²) in [5.41, 5.74) is -0.371. The average molecular weight is 417 g/mol. The number of rotatable bonds is 5. The number of benzene rings is 1. The van der Waals surface area contributed by atoms with Crippen LogP contribution in [0, 0.1) is 0 Å². The Labute approximate surface area is 163 Å². The van der Waals surface area contributed by atoms with E-state index in [4.69, 9.17) is 0 Å². The van der Waals surface area contributed by atoms with Gasteiger partial charge in [0, 0.05) is 18.0 Å².